The van der Waals surface area contributed by atoms with E-state index in [4.69, 9.17) is 0 Å². The van der Waals surface area contributed by atoms with E-state index in [0.29, 0.717) is 27.7 Å². The molecular weight excluding hydrogens is 300 g/mol. The van der Waals surface area contributed by atoms with E-state index in [-0.39, 0.29) is 11.5 Å². The molecule has 0 aliphatic carbocycles. The summed E-state index contributed by atoms with van der Waals surface area (Å²) in [6.07, 6.45) is 1.61. The average Bonchev–Trinajstić information content (AvgIpc) is 2.84. The number of nitrogens with one attached hydrogen (secondary N) is 1. The zero-order chi connectivity index (χ0) is 16.4. The van der Waals surface area contributed by atoms with Gasteiger partial charge in [0.15, 0.2) is 0 Å². The maximum atomic E-state index is 12.4. The second-order valence-electron chi connectivity index (χ2n) is 4.95. The summed E-state index contributed by atoms with van der Waals surface area (Å²) in [6, 6.07) is 0. The van der Waals surface area contributed by atoms with Crippen LogP contribution in [0.4, 0.5) is 0 Å². The molecule has 2 aromatic heterocycles. The van der Waals surface area contributed by atoms with Crippen LogP contribution in [-0.2, 0) is 7.05 Å². The molecule has 1 amide bonds. The van der Waals surface area contributed by atoms with Crippen molar-refractivity contribution in [3.63, 3.8) is 0 Å². The molecule has 1 N–H and O–H groups in total. The minimum absolute atomic E-state index is 0.207. The summed E-state index contributed by atoms with van der Waals surface area (Å²) >= 11 is 1.22. The lowest BCUT2D eigenvalue weighted by Gasteiger charge is -2.07. The fraction of sp³-hybridized carbons (Fsp3) is 0.333. The van der Waals surface area contributed by atoms with E-state index < -0.39 is 0 Å². The van der Waals surface area contributed by atoms with E-state index in [9.17, 15) is 9.59 Å². The van der Waals surface area contributed by atoms with Crippen molar-refractivity contribution in [3.8, 4) is 10.6 Å². The van der Waals surface area contributed by atoms with Crippen LogP contribution in [0.3, 0.4) is 0 Å². The van der Waals surface area contributed by atoms with Gasteiger partial charge in [-0.3, -0.25) is 9.59 Å². The third kappa shape index (κ3) is 2.85. The van der Waals surface area contributed by atoms with E-state index in [2.05, 4.69) is 22.0 Å². The molecule has 6 nitrogen and oxygen atoms in total. The van der Waals surface area contributed by atoms with E-state index in [1.54, 1.807) is 20.0 Å². The van der Waals surface area contributed by atoms with E-state index in [1.165, 1.54) is 16.0 Å². The van der Waals surface area contributed by atoms with Crippen molar-refractivity contribution in [1.82, 2.24) is 20.1 Å². The van der Waals surface area contributed by atoms with Crippen molar-refractivity contribution in [2.24, 2.45) is 7.05 Å². The Balaban J connectivity index is 2.55. The Morgan fingerprint density at radius 3 is 2.68 bits per heavy atom. The van der Waals surface area contributed by atoms with Gasteiger partial charge in [-0.15, -0.1) is 17.9 Å². The maximum Gasteiger partial charge on any atom is 0.277 e. The summed E-state index contributed by atoms with van der Waals surface area (Å²) in [5.41, 5.74) is 2.45. The quantitative estimate of drug-likeness (QED) is 0.871. The van der Waals surface area contributed by atoms with Gasteiger partial charge in [-0.25, -0.2) is 9.67 Å². The van der Waals surface area contributed by atoms with Gasteiger partial charge < -0.3 is 5.32 Å². The summed E-state index contributed by atoms with van der Waals surface area (Å²) in [6.45, 7) is 9.40. The number of carbonyl (C=O) groups is 1. The van der Waals surface area contributed by atoms with Crippen LogP contribution >= 0.6 is 11.3 Å². The van der Waals surface area contributed by atoms with Gasteiger partial charge in [0, 0.05) is 13.6 Å². The SMILES string of the molecule is C=CCNC(=O)c1sc(-c2c(C)c(C)nn(C)c2=O)nc1C. The first-order valence-electron chi connectivity index (χ1n) is 6.78. The lowest BCUT2D eigenvalue weighted by Crippen LogP contribution is -2.23. The number of hydrogen-bond acceptors (Lipinski definition) is 5. The van der Waals surface area contributed by atoms with Crippen LogP contribution in [0.5, 0.6) is 0 Å². The van der Waals surface area contributed by atoms with Gasteiger partial charge >= 0.3 is 0 Å². The summed E-state index contributed by atoms with van der Waals surface area (Å²) < 4.78 is 1.30. The fourth-order valence-electron chi connectivity index (χ4n) is 2.06. The molecule has 0 aliphatic heterocycles. The van der Waals surface area contributed by atoms with Gasteiger partial charge in [-0.05, 0) is 26.3 Å². The van der Waals surface area contributed by atoms with Crippen LogP contribution in [0, 0.1) is 20.8 Å². The van der Waals surface area contributed by atoms with Crippen molar-refractivity contribution in [2.45, 2.75) is 20.8 Å². The molecular formula is C15H18N4O2S. The van der Waals surface area contributed by atoms with Crippen LogP contribution in [-0.4, -0.2) is 27.2 Å². The molecule has 0 unspecified atom stereocenters. The highest BCUT2D eigenvalue weighted by atomic mass is 32.1. The predicted molar refractivity (Wildman–Crippen MR) is 87.3 cm³/mol. The topological polar surface area (TPSA) is 76.9 Å². The van der Waals surface area contributed by atoms with Gasteiger partial charge in [0.05, 0.1) is 17.0 Å². The summed E-state index contributed by atoms with van der Waals surface area (Å²) in [4.78, 5) is 29.4. The largest absolute Gasteiger partial charge is 0.348 e. The molecule has 2 heterocycles. The normalized spacial score (nSPS) is 10.5. The van der Waals surface area contributed by atoms with Crippen molar-refractivity contribution < 1.29 is 4.79 Å². The maximum absolute atomic E-state index is 12.4. The van der Waals surface area contributed by atoms with Crippen LogP contribution in [0.15, 0.2) is 17.4 Å². The Hall–Kier alpha value is -2.28. The summed E-state index contributed by atoms with van der Waals surface area (Å²) in [5, 5.41) is 7.42. The van der Waals surface area contributed by atoms with Crippen LogP contribution in [0.1, 0.15) is 26.6 Å². The Kier molecular flexibility index (Phi) is 4.56. The molecule has 0 bridgehead atoms. The molecule has 2 aromatic rings. The highest BCUT2D eigenvalue weighted by molar-refractivity contribution is 7.17. The van der Waals surface area contributed by atoms with Crippen LogP contribution in [0.25, 0.3) is 10.6 Å². The smallest absolute Gasteiger partial charge is 0.277 e. The third-order valence-corrected chi connectivity index (χ3v) is 4.52. The monoisotopic (exact) mass is 318 g/mol. The molecule has 0 aromatic carbocycles. The number of aryl methyl sites for hydroxylation is 3. The first-order valence-corrected chi connectivity index (χ1v) is 7.59. The Morgan fingerprint density at radius 1 is 1.36 bits per heavy atom. The first kappa shape index (κ1) is 16.1. The highest BCUT2D eigenvalue weighted by Gasteiger charge is 2.20. The lowest BCUT2D eigenvalue weighted by atomic mass is 10.1. The number of aromatic nitrogens is 3. The Bertz CT molecular complexity index is 805. The lowest BCUT2D eigenvalue weighted by molar-refractivity contribution is 0.0961. The zero-order valence-electron chi connectivity index (χ0n) is 13.1. The predicted octanol–water partition coefficient (Wildman–Crippen LogP) is 1.74. The molecule has 0 atom stereocenters. The number of thiazole rings is 1. The van der Waals surface area contributed by atoms with E-state index >= 15 is 0 Å². The zero-order valence-corrected chi connectivity index (χ0v) is 13.9. The van der Waals surface area contributed by atoms with Crippen molar-refractivity contribution >= 4 is 17.2 Å². The van der Waals surface area contributed by atoms with E-state index in [1.807, 2.05) is 13.8 Å². The number of amides is 1. The summed E-state index contributed by atoms with van der Waals surface area (Å²) in [5.74, 6) is -0.207. The van der Waals surface area contributed by atoms with Gasteiger partial charge in [0.1, 0.15) is 9.88 Å². The molecule has 0 aliphatic rings. The second-order valence-corrected chi connectivity index (χ2v) is 5.95. The number of hydrogen-bond donors (Lipinski definition) is 1. The standard InChI is InChI=1S/C15H18N4O2S/c1-6-7-16-13(20)12-10(4)17-14(22-12)11-8(2)9(3)18-19(5)15(11)21/h6H,1,7H2,2-5H3,(H,16,20). The number of nitrogens with zero attached hydrogens (tertiary/aromatic N) is 3. The highest BCUT2D eigenvalue weighted by Crippen LogP contribution is 2.28. The molecule has 0 saturated carbocycles. The van der Waals surface area contributed by atoms with Crippen molar-refractivity contribution in [2.75, 3.05) is 6.54 Å². The minimum Gasteiger partial charge on any atom is -0.348 e. The van der Waals surface area contributed by atoms with Crippen molar-refractivity contribution in [3.05, 3.63) is 44.8 Å². The second kappa shape index (κ2) is 6.23. The van der Waals surface area contributed by atoms with E-state index in [0.717, 1.165) is 11.3 Å². The molecule has 0 spiro atoms. The number of carbonyl (C=O) groups excluding carboxylic acids is 1. The van der Waals surface area contributed by atoms with Crippen LogP contribution < -0.4 is 10.9 Å². The molecule has 22 heavy (non-hydrogen) atoms. The molecule has 7 heteroatoms. The average molecular weight is 318 g/mol. The fourth-order valence-corrected chi connectivity index (χ4v) is 3.14. The first-order chi connectivity index (χ1) is 10.4. The summed E-state index contributed by atoms with van der Waals surface area (Å²) in [7, 11) is 1.61. The molecule has 0 saturated heterocycles. The number of rotatable bonds is 4. The Morgan fingerprint density at radius 2 is 2.05 bits per heavy atom. The van der Waals surface area contributed by atoms with Gasteiger partial charge in [0.25, 0.3) is 11.5 Å². The minimum atomic E-state index is -0.213. The molecule has 2 rings (SSSR count). The molecule has 0 radical (unpaired) electrons. The Labute approximate surface area is 132 Å². The van der Waals surface area contributed by atoms with Crippen molar-refractivity contribution in [1.29, 1.82) is 0 Å². The van der Waals surface area contributed by atoms with Gasteiger partial charge in [0.2, 0.25) is 0 Å². The van der Waals surface area contributed by atoms with Gasteiger partial charge in [-0.2, -0.15) is 5.10 Å². The van der Waals surface area contributed by atoms with Gasteiger partial charge in [-0.1, -0.05) is 6.08 Å². The third-order valence-electron chi connectivity index (χ3n) is 3.35. The van der Waals surface area contributed by atoms with Crippen LogP contribution in [0.2, 0.25) is 0 Å². The molecule has 0 fully saturated rings. The molecule has 116 valence electrons.